The average Bonchev–Trinajstić information content (AvgIpc) is 4.07. The van der Waals surface area contributed by atoms with Crippen LogP contribution >= 0.6 is 0 Å². The maximum absolute atomic E-state index is 14.8. The minimum Gasteiger partial charge on any atom is -0.497 e. The average molecular weight is 816 g/mol. The second-order valence-electron chi connectivity index (χ2n) is 16.1. The highest BCUT2D eigenvalue weighted by molar-refractivity contribution is 7.91. The molecule has 3 aliphatic heterocycles. The second kappa shape index (κ2) is 15.9. The van der Waals surface area contributed by atoms with Crippen molar-refractivity contribution >= 4 is 44.6 Å². The van der Waals surface area contributed by atoms with Gasteiger partial charge in [-0.25, -0.2) is 17.6 Å². The molecule has 310 valence electrons. The number of pyridine rings is 1. The Kier molecular flexibility index (Phi) is 11.3. The molecule has 0 radical (unpaired) electrons. The second-order valence-corrected chi connectivity index (χ2v) is 18.1. The van der Waals surface area contributed by atoms with Crippen LogP contribution in [-0.2, 0) is 33.9 Å². The van der Waals surface area contributed by atoms with E-state index in [1.165, 1.54) is 12.0 Å². The number of carbonyl (C=O) groups excluding carboxylic acids is 4. The number of halogens is 1. The summed E-state index contributed by atoms with van der Waals surface area (Å²) in [6, 6.07) is 4.70. The number of ether oxygens (including phenoxy) is 5. The number of benzene rings is 1. The fourth-order valence-electron chi connectivity index (χ4n) is 8.01. The summed E-state index contributed by atoms with van der Waals surface area (Å²) in [5.74, 6) is -2.06. The Morgan fingerprint density at radius 2 is 1.86 bits per heavy atom. The van der Waals surface area contributed by atoms with Crippen molar-refractivity contribution in [2.24, 2.45) is 17.8 Å². The number of rotatable bonds is 10. The molecule has 16 nitrogen and oxygen atoms in total. The summed E-state index contributed by atoms with van der Waals surface area (Å²) in [5, 5.41) is 6.91. The van der Waals surface area contributed by atoms with E-state index in [-0.39, 0.29) is 63.1 Å². The Morgan fingerprint density at radius 3 is 2.53 bits per heavy atom. The molecular weight excluding hydrogens is 766 g/mol. The highest BCUT2D eigenvalue weighted by atomic mass is 32.2. The molecule has 1 aromatic carbocycles. The maximum atomic E-state index is 14.8. The molecule has 7 rings (SSSR count). The summed E-state index contributed by atoms with van der Waals surface area (Å²) in [6.45, 7) is 3.14. The largest absolute Gasteiger partial charge is 0.497 e. The number of fused-ring (bicyclic) bond motifs is 3. The number of allylic oxidation sites excluding steroid dienone is 1. The van der Waals surface area contributed by atoms with Gasteiger partial charge in [-0.3, -0.25) is 19.1 Å². The zero-order valence-electron chi connectivity index (χ0n) is 32.5. The highest BCUT2D eigenvalue weighted by Crippen LogP contribution is 2.48. The van der Waals surface area contributed by atoms with E-state index in [1.54, 1.807) is 37.5 Å². The van der Waals surface area contributed by atoms with E-state index >= 15 is 0 Å². The van der Waals surface area contributed by atoms with Gasteiger partial charge in [0.15, 0.2) is 6.10 Å². The quantitative estimate of drug-likeness (QED) is 0.297. The van der Waals surface area contributed by atoms with E-state index in [0.717, 1.165) is 0 Å². The van der Waals surface area contributed by atoms with Crippen LogP contribution in [0, 0.1) is 17.8 Å². The zero-order chi connectivity index (χ0) is 40.7. The lowest BCUT2D eigenvalue weighted by Gasteiger charge is -2.33. The fourth-order valence-corrected chi connectivity index (χ4v) is 9.43. The Bertz CT molecular complexity index is 2040. The van der Waals surface area contributed by atoms with Gasteiger partial charge < -0.3 is 39.2 Å². The van der Waals surface area contributed by atoms with Crippen molar-refractivity contribution in [3.63, 3.8) is 0 Å². The first kappa shape index (κ1) is 40.5. The van der Waals surface area contributed by atoms with Gasteiger partial charge >= 0.3 is 6.09 Å². The molecule has 2 saturated carbocycles. The number of methoxy groups -OCH3 is 2. The van der Waals surface area contributed by atoms with E-state index in [2.05, 4.69) is 20.3 Å². The van der Waals surface area contributed by atoms with Crippen molar-refractivity contribution in [1.82, 2.24) is 25.2 Å². The number of nitrogens with zero attached hydrogens (tertiary/aromatic N) is 2. The number of hydrogen-bond donors (Lipinski definition) is 3. The van der Waals surface area contributed by atoms with E-state index in [9.17, 15) is 32.0 Å². The molecule has 0 spiro atoms. The van der Waals surface area contributed by atoms with Gasteiger partial charge in [0.2, 0.25) is 33.6 Å². The first-order valence-corrected chi connectivity index (χ1v) is 20.9. The molecule has 2 saturated heterocycles. The van der Waals surface area contributed by atoms with Crippen LogP contribution < -0.4 is 29.6 Å². The molecule has 4 amide bonds. The summed E-state index contributed by atoms with van der Waals surface area (Å²) in [5.41, 5.74) is -1.67. The summed E-state index contributed by atoms with van der Waals surface area (Å²) < 4.78 is 68.6. The van der Waals surface area contributed by atoms with E-state index in [1.807, 2.05) is 19.9 Å². The van der Waals surface area contributed by atoms with E-state index < -0.39 is 86.9 Å². The summed E-state index contributed by atoms with van der Waals surface area (Å²) in [6.07, 6.45) is 3.73. The summed E-state index contributed by atoms with van der Waals surface area (Å²) >= 11 is 0. The predicted molar refractivity (Wildman–Crippen MR) is 203 cm³/mol. The number of hydrogen-bond acceptors (Lipinski definition) is 12. The van der Waals surface area contributed by atoms with Crippen LogP contribution in [0.5, 0.6) is 17.5 Å². The van der Waals surface area contributed by atoms with Crippen LogP contribution in [0.25, 0.3) is 10.8 Å². The number of alkyl halides is 1. The SMILES string of the molecule is COc1ccc2c(OC3CC4C(=O)NC5(C(=O)NS(=O)(=O)C6(CF)CC6)CC5C=CCCC(C)CC(C)C(NC(=O)OC5COC5)C(=O)N4C3)nc(OC)cc2c1. The van der Waals surface area contributed by atoms with Gasteiger partial charge in [-0.15, -0.1) is 0 Å². The highest BCUT2D eigenvalue weighted by Gasteiger charge is 2.64. The first-order chi connectivity index (χ1) is 27.2. The molecule has 2 aromatic rings. The van der Waals surface area contributed by atoms with Crippen LogP contribution in [0.15, 0.2) is 36.4 Å². The monoisotopic (exact) mass is 815 g/mol. The smallest absolute Gasteiger partial charge is 0.408 e. The third kappa shape index (κ3) is 8.20. The van der Waals surface area contributed by atoms with Gasteiger partial charge in [-0.1, -0.05) is 26.0 Å². The lowest BCUT2D eigenvalue weighted by molar-refractivity contribution is -0.142. The van der Waals surface area contributed by atoms with Crippen LogP contribution in [0.3, 0.4) is 0 Å². The predicted octanol–water partition coefficient (Wildman–Crippen LogP) is 2.93. The van der Waals surface area contributed by atoms with Crippen molar-refractivity contribution in [2.75, 3.05) is 40.7 Å². The third-order valence-electron chi connectivity index (χ3n) is 11.9. The summed E-state index contributed by atoms with van der Waals surface area (Å²) in [7, 11) is -1.39. The molecule has 3 N–H and O–H groups in total. The molecule has 1 aromatic heterocycles. The number of aromatic nitrogens is 1. The van der Waals surface area contributed by atoms with Crippen molar-refractivity contribution in [3.8, 4) is 17.5 Å². The minimum atomic E-state index is -4.40. The molecule has 4 fully saturated rings. The molecule has 7 atom stereocenters. The maximum Gasteiger partial charge on any atom is 0.408 e. The Balaban J connectivity index is 1.22. The van der Waals surface area contributed by atoms with Gasteiger partial charge in [0.05, 0.1) is 34.0 Å². The Morgan fingerprint density at radius 1 is 1.09 bits per heavy atom. The molecule has 7 unspecified atom stereocenters. The lowest BCUT2D eigenvalue weighted by Crippen LogP contribution is -2.59. The Labute approximate surface area is 330 Å². The fraction of sp³-hybridized carbons (Fsp3) is 0.615. The van der Waals surface area contributed by atoms with Crippen LogP contribution in [-0.4, -0.2) is 117 Å². The van der Waals surface area contributed by atoms with Crippen molar-refractivity contribution < 1.29 is 55.7 Å². The number of alkyl carbamates (subject to hydrolysis) is 1. The van der Waals surface area contributed by atoms with Gasteiger partial charge in [0.25, 0.3) is 5.91 Å². The molecule has 5 aliphatic rings. The topological polar surface area (TPSA) is 201 Å². The third-order valence-corrected chi connectivity index (χ3v) is 14.0. The first-order valence-electron chi connectivity index (χ1n) is 19.4. The van der Waals surface area contributed by atoms with Crippen molar-refractivity contribution in [3.05, 3.63) is 36.4 Å². The zero-order valence-corrected chi connectivity index (χ0v) is 33.3. The van der Waals surface area contributed by atoms with Gasteiger partial charge in [0.1, 0.15) is 40.9 Å². The van der Waals surface area contributed by atoms with Crippen molar-refractivity contribution in [2.45, 2.75) is 93.4 Å². The normalized spacial score (nSPS) is 30.0. The molecular formula is C39H50FN5O11S. The van der Waals surface area contributed by atoms with Crippen molar-refractivity contribution in [1.29, 1.82) is 0 Å². The number of amides is 4. The van der Waals surface area contributed by atoms with Gasteiger partial charge in [-0.2, -0.15) is 4.98 Å². The summed E-state index contributed by atoms with van der Waals surface area (Å²) in [4.78, 5) is 62.3. The van der Waals surface area contributed by atoms with Crippen LogP contribution in [0.2, 0.25) is 0 Å². The molecule has 57 heavy (non-hydrogen) atoms. The van der Waals surface area contributed by atoms with Gasteiger partial charge in [0, 0.05) is 23.8 Å². The van der Waals surface area contributed by atoms with E-state index in [0.29, 0.717) is 35.8 Å². The molecule has 0 bridgehead atoms. The number of carbonyl (C=O) groups is 4. The van der Waals surface area contributed by atoms with Crippen LogP contribution in [0.4, 0.5) is 9.18 Å². The Hall–Kier alpha value is -4.71. The van der Waals surface area contributed by atoms with Gasteiger partial charge in [-0.05, 0) is 73.9 Å². The van der Waals surface area contributed by atoms with E-state index in [4.69, 9.17) is 23.7 Å². The number of nitrogens with one attached hydrogen (secondary N) is 3. The molecule has 4 heterocycles. The lowest BCUT2D eigenvalue weighted by atomic mass is 9.88. The molecule has 18 heteroatoms. The standard InChI is InChI=1S/C39H50FN5O11S/c1-22-7-5-6-8-25-17-39(25,36(48)44-57(50,51)38(21-40)11-12-38)43-33(46)30-16-27(55-34-29-10-9-26(52-3)14-24(29)15-31(41-34)53-4)18-45(30)35(47)32(23(2)13-22)42-37(49)56-28-19-54-20-28/h6,8-10,14-15,22-23,25,27-28,30,32H,5,7,11-13,16-21H2,1-4H3,(H,42,49)(H,43,46)(H,44,48). The van der Waals surface area contributed by atoms with Crippen LogP contribution in [0.1, 0.15) is 58.8 Å². The minimum absolute atomic E-state index is 0.0447. The number of sulfonamides is 1. The molecule has 2 aliphatic carbocycles.